The van der Waals surface area contributed by atoms with Crippen LogP contribution in [0.15, 0.2) is 0 Å². The third-order valence-electron chi connectivity index (χ3n) is 1.49. The van der Waals surface area contributed by atoms with Crippen molar-refractivity contribution in [3.8, 4) is 0 Å². The van der Waals surface area contributed by atoms with Gasteiger partial charge >= 0.3 is 6.98 Å². The van der Waals surface area contributed by atoms with Crippen molar-refractivity contribution >= 4 is 6.98 Å². The minimum Gasteiger partial charge on any atom is -0.334 e. The minimum atomic E-state index is 0.537. The summed E-state index contributed by atoms with van der Waals surface area (Å²) in [5.74, 6) is 0. The second-order valence-corrected chi connectivity index (χ2v) is 2.56. The molecule has 2 nitrogen and oxygen atoms in total. The van der Waals surface area contributed by atoms with Crippen LogP contribution in [0.5, 0.6) is 0 Å². The maximum atomic E-state index is 2.17. The molecular weight excluding hydrogens is 98.9 g/mol. The molecule has 0 aliphatic rings. The summed E-state index contributed by atoms with van der Waals surface area (Å²) in [5, 5.41) is 0. The monoisotopic (exact) mass is 114 g/mol. The molecule has 0 radical (unpaired) electrons. The van der Waals surface area contributed by atoms with Crippen LogP contribution in [0.3, 0.4) is 0 Å². The molecule has 0 rings (SSSR count). The Hall–Kier alpha value is -0.0151. The van der Waals surface area contributed by atoms with Crippen molar-refractivity contribution in [3.05, 3.63) is 0 Å². The highest BCUT2D eigenvalue weighted by atomic mass is 15.1. The van der Waals surface area contributed by atoms with Crippen LogP contribution in [0, 0.1) is 0 Å². The van der Waals surface area contributed by atoms with Gasteiger partial charge < -0.3 is 9.62 Å². The lowest BCUT2D eigenvalue weighted by Crippen LogP contribution is -2.42. The van der Waals surface area contributed by atoms with Gasteiger partial charge in [-0.25, -0.2) is 0 Å². The maximum Gasteiger partial charge on any atom is 0.306 e. The predicted octanol–water partition coefficient (Wildman–Crippen LogP) is 0.228. The summed E-state index contributed by atoms with van der Waals surface area (Å²) in [6.07, 6.45) is 0. The normalized spacial score (nSPS) is 10.9. The van der Waals surface area contributed by atoms with Crippen LogP contribution in [-0.4, -0.2) is 44.8 Å². The molecule has 0 amide bonds. The Labute approximate surface area is 52.6 Å². The lowest BCUT2D eigenvalue weighted by Gasteiger charge is -2.22. The topological polar surface area (TPSA) is 6.48 Å². The summed E-state index contributed by atoms with van der Waals surface area (Å²) >= 11 is 0. The molecule has 0 saturated heterocycles. The Balaban J connectivity index is 3.46. The molecule has 0 aromatic rings. The second kappa shape index (κ2) is 3.10. The first-order valence-corrected chi connectivity index (χ1v) is 2.88. The van der Waals surface area contributed by atoms with Gasteiger partial charge in [0.2, 0.25) is 0 Å². The summed E-state index contributed by atoms with van der Waals surface area (Å²) in [6.45, 7) is 2.70. The SMILES string of the molecule is CB(N(C)C)N(C)C. The van der Waals surface area contributed by atoms with E-state index in [-0.39, 0.29) is 0 Å². The van der Waals surface area contributed by atoms with Crippen LogP contribution in [0.25, 0.3) is 0 Å². The minimum absolute atomic E-state index is 0.537. The van der Waals surface area contributed by atoms with Gasteiger partial charge in [-0.3, -0.25) is 0 Å². The van der Waals surface area contributed by atoms with Crippen molar-refractivity contribution in [1.82, 2.24) is 9.62 Å². The van der Waals surface area contributed by atoms with Crippen molar-refractivity contribution in [2.75, 3.05) is 28.2 Å². The van der Waals surface area contributed by atoms with Crippen molar-refractivity contribution in [1.29, 1.82) is 0 Å². The van der Waals surface area contributed by atoms with E-state index >= 15 is 0 Å². The molecule has 0 unspecified atom stereocenters. The fourth-order valence-corrected chi connectivity index (χ4v) is 0.462. The summed E-state index contributed by atoms with van der Waals surface area (Å²) < 4.78 is 0. The molecule has 0 aliphatic carbocycles. The van der Waals surface area contributed by atoms with Crippen molar-refractivity contribution in [2.45, 2.75) is 6.82 Å². The van der Waals surface area contributed by atoms with E-state index in [1.807, 2.05) is 0 Å². The van der Waals surface area contributed by atoms with E-state index in [2.05, 4.69) is 44.6 Å². The largest absolute Gasteiger partial charge is 0.334 e. The van der Waals surface area contributed by atoms with Gasteiger partial charge in [0.1, 0.15) is 0 Å². The Kier molecular flexibility index (Phi) is 3.09. The quantitative estimate of drug-likeness (QED) is 0.474. The Morgan fingerprint density at radius 2 is 1.12 bits per heavy atom. The Morgan fingerprint density at radius 3 is 1.12 bits per heavy atom. The summed E-state index contributed by atoms with van der Waals surface area (Å²) in [7, 11) is 8.30. The second-order valence-electron chi connectivity index (χ2n) is 2.56. The third kappa shape index (κ3) is 2.33. The molecule has 48 valence electrons. The highest BCUT2D eigenvalue weighted by molar-refractivity contribution is 6.50. The van der Waals surface area contributed by atoms with Gasteiger partial charge in [0.25, 0.3) is 0 Å². The zero-order chi connectivity index (χ0) is 6.73. The van der Waals surface area contributed by atoms with Crippen molar-refractivity contribution < 1.29 is 0 Å². The van der Waals surface area contributed by atoms with Gasteiger partial charge in [-0.1, -0.05) is 6.82 Å². The summed E-state index contributed by atoms with van der Waals surface area (Å²) in [5.41, 5.74) is 0. The molecule has 0 saturated carbocycles. The number of rotatable bonds is 2. The van der Waals surface area contributed by atoms with Gasteiger partial charge in [0, 0.05) is 0 Å². The highest BCUT2D eigenvalue weighted by Crippen LogP contribution is 1.87. The van der Waals surface area contributed by atoms with Crippen LogP contribution in [0.1, 0.15) is 0 Å². The maximum absolute atomic E-state index is 2.17. The Morgan fingerprint density at radius 1 is 0.875 bits per heavy atom. The number of hydrogen-bond acceptors (Lipinski definition) is 2. The third-order valence-corrected chi connectivity index (χ3v) is 1.49. The molecule has 0 aromatic heterocycles. The van der Waals surface area contributed by atoms with Crippen LogP contribution >= 0.6 is 0 Å². The molecule has 3 heteroatoms. The smallest absolute Gasteiger partial charge is 0.306 e. The number of hydrogen-bond donors (Lipinski definition) is 0. The van der Waals surface area contributed by atoms with Gasteiger partial charge in [0.15, 0.2) is 0 Å². The zero-order valence-electron chi connectivity index (χ0n) is 6.47. The van der Waals surface area contributed by atoms with Gasteiger partial charge in [-0.05, 0) is 28.2 Å². The predicted molar refractivity (Wildman–Crippen MR) is 39.0 cm³/mol. The molecule has 0 aliphatic heterocycles. The molecule has 0 heterocycles. The zero-order valence-corrected chi connectivity index (χ0v) is 6.47. The molecule has 0 atom stereocenters. The van der Waals surface area contributed by atoms with Crippen LogP contribution < -0.4 is 0 Å². The van der Waals surface area contributed by atoms with E-state index in [4.69, 9.17) is 0 Å². The lowest BCUT2D eigenvalue weighted by atomic mass is 9.77. The van der Waals surface area contributed by atoms with Crippen LogP contribution in [0.2, 0.25) is 6.82 Å². The fourth-order valence-electron chi connectivity index (χ4n) is 0.462. The van der Waals surface area contributed by atoms with Crippen molar-refractivity contribution in [3.63, 3.8) is 0 Å². The van der Waals surface area contributed by atoms with E-state index < -0.39 is 0 Å². The first kappa shape index (κ1) is 7.98. The molecule has 0 aromatic carbocycles. The summed E-state index contributed by atoms with van der Waals surface area (Å²) in [4.78, 5) is 4.33. The average Bonchev–Trinajstić information content (AvgIpc) is 1.64. The van der Waals surface area contributed by atoms with Gasteiger partial charge in [-0.15, -0.1) is 0 Å². The fraction of sp³-hybridized carbons (Fsp3) is 1.00. The Bertz CT molecular complexity index is 55.4. The number of nitrogens with zero attached hydrogens (tertiary/aromatic N) is 2. The van der Waals surface area contributed by atoms with Crippen molar-refractivity contribution in [2.24, 2.45) is 0 Å². The van der Waals surface area contributed by atoms with Crippen LogP contribution in [-0.2, 0) is 0 Å². The molecule has 8 heavy (non-hydrogen) atoms. The highest BCUT2D eigenvalue weighted by Gasteiger charge is 2.11. The average molecular weight is 114 g/mol. The first-order valence-electron chi connectivity index (χ1n) is 2.88. The van der Waals surface area contributed by atoms with E-state index in [9.17, 15) is 0 Å². The van der Waals surface area contributed by atoms with E-state index in [0.717, 1.165) is 0 Å². The van der Waals surface area contributed by atoms with Crippen LogP contribution in [0.4, 0.5) is 0 Å². The molecule has 0 spiro atoms. The van der Waals surface area contributed by atoms with E-state index in [1.54, 1.807) is 0 Å². The van der Waals surface area contributed by atoms with Gasteiger partial charge in [-0.2, -0.15) is 0 Å². The lowest BCUT2D eigenvalue weighted by molar-refractivity contribution is 0.524. The molecule has 0 fully saturated rings. The van der Waals surface area contributed by atoms with E-state index in [1.165, 1.54) is 0 Å². The summed E-state index contributed by atoms with van der Waals surface area (Å²) in [6, 6.07) is 0. The molecule has 0 N–H and O–H groups in total. The first-order chi connectivity index (χ1) is 3.55. The van der Waals surface area contributed by atoms with E-state index in [0.29, 0.717) is 6.98 Å². The standard InChI is InChI=1S/C5H15BN2/c1-6(7(2)3)8(4)5/h1-5H3. The molecule has 0 bridgehead atoms. The molecular formula is C5H15BN2. The van der Waals surface area contributed by atoms with Gasteiger partial charge in [0.05, 0.1) is 0 Å².